The van der Waals surface area contributed by atoms with E-state index in [-0.39, 0.29) is 29.7 Å². The minimum atomic E-state index is -0.491. The van der Waals surface area contributed by atoms with Crippen LogP contribution in [0.3, 0.4) is 0 Å². The molecule has 0 radical (unpaired) electrons. The molecule has 0 spiro atoms. The van der Waals surface area contributed by atoms with Crippen molar-refractivity contribution in [2.75, 3.05) is 6.54 Å². The van der Waals surface area contributed by atoms with Crippen LogP contribution in [0.25, 0.3) is 0 Å². The van der Waals surface area contributed by atoms with Gasteiger partial charge in [-0.2, -0.15) is 0 Å². The highest BCUT2D eigenvalue weighted by Crippen LogP contribution is 2.28. The van der Waals surface area contributed by atoms with Crippen molar-refractivity contribution in [3.8, 4) is 5.75 Å². The first kappa shape index (κ1) is 17.5. The molecular formula is C17H20N2O5. The zero-order valence-electron chi connectivity index (χ0n) is 13.9. The van der Waals surface area contributed by atoms with Gasteiger partial charge in [-0.3, -0.25) is 14.9 Å². The van der Waals surface area contributed by atoms with E-state index in [2.05, 4.69) is 5.32 Å². The fourth-order valence-electron chi connectivity index (χ4n) is 2.00. The largest absolute Gasteiger partial charge is 0.479 e. The molecule has 0 saturated carbocycles. The average molecular weight is 332 g/mol. The summed E-state index contributed by atoms with van der Waals surface area (Å²) < 4.78 is 10.9. The molecule has 1 amide bonds. The Morgan fingerprint density at radius 1 is 1.33 bits per heavy atom. The van der Waals surface area contributed by atoms with Crippen LogP contribution >= 0.6 is 0 Å². The summed E-state index contributed by atoms with van der Waals surface area (Å²) in [5.74, 6) is 0.810. The summed E-state index contributed by atoms with van der Waals surface area (Å²) in [6.07, 6.45) is 0. The van der Waals surface area contributed by atoms with Crippen LogP contribution in [0.15, 0.2) is 34.7 Å². The van der Waals surface area contributed by atoms with Crippen LogP contribution in [0.1, 0.15) is 35.7 Å². The topological polar surface area (TPSA) is 94.6 Å². The molecule has 0 fully saturated rings. The molecule has 7 heteroatoms. The number of furan rings is 1. The Morgan fingerprint density at radius 2 is 2.08 bits per heavy atom. The Labute approximate surface area is 139 Å². The molecule has 0 saturated heterocycles. The number of amides is 1. The first-order chi connectivity index (χ1) is 11.4. The van der Waals surface area contributed by atoms with Crippen LogP contribution in [-0.4, -0.2) is 17.4 Å². The lowest BCUT2D eigenvalue weighted by atomic mass is 10.2. The second kappa shape index (κ2) is 7.63. The first-order valence-corrected chi connectivity index (χ1v) is 7.61. The molecule has 0 bridgehead atoms. The molecule has 1 N–H and O–H groups in total. The summed E-state index contributed by atoms with van der Waals surface area (Å²) >= 11 is 0. The van der Waals surface area contributed by atoms with E-state index >= 15 is 0 Å². The highest BCUT2D eigenvalue weighted by atomic mass is 16.6. The van der Waals surface area contributed by atoms with Crippen LogP contribution in [0.5, 0.6) is 5.75 Å². The van der Waals surface area contributed by atoms with Gasteiger partial charge in [0.25, 0.3) is 5.91 Å². The molecule has 128 valence electrons. The number of carbonyl (C=O) groups excluding carboxylic acids is 1. The smallest absolute Gasteiger partial charge is 0.311 e. The van der Waals surface area contributed by atoms with Crippen molar-refractivity contribution in [1.82, 2.24) is 5.32 Å². The first-order valence-electron chi connectivity index (χ1n) is 7.61. The third kappa shape index (κ3) is 4.58. The number of nitro benzene ring substituents is 1. The van der Waals surface area contributed by atoms with E-state index in [0.717, 1.165) is 5.56 Å². The molecule has 24 heavy (non-hydrogen) atoms. The van der Waals surface area contributed by atoms with Crippen molar-refractivity contribution in [2.24, 2.45) is 5.92 Å². The van der Waals surface area contributed by atoms with Crippen molar-refractivity contribution in [1.29, 1.82) is 0 Å². The number of aryl methyl sites for hydroxylation is 1. The Balaban J connectivity index is 2.01. The zero-order valence-corrected chi connectivity index (χ0v) is 13.9. The molecule has 0 aliphatic heterocycles. The van der Waals surface area contributed by atoms with Gasteiger partial charge in [0.1, 0.15) is 12.4 Å². The van der Waals surface area contributed by atoms with Gasteiger partial charge in [-0.1, -0.05) is 19.9 Å². The number of nitro groups is 1. The van der Waals surface area contributed by atoms with Gasteiger partial charge in [-0.05, 0) is 36.6 Å². The standard InChI is InChI=1S/C17H20N2O5/c1-11(2)9-18-17(20)16-7-5-13(24-16)10-23-15-6-4-12(3)8-14(15)19(21)22/h4-8,11H,9-10H2,1-3H3,(H,18,20). The number of hydrogen-bond donors (Lipinski definition) is 1. The third-order valence-corrected chi connectivity index (χ3v) is 3.24. The van der Waals surface area contributed by atoms with E-state index < -0.39 is 4.92 Å². The molecule has 7 nitrogen and oxygen atoms in total. The van der Waals surface area contributed by atoms with Gasteiger partial charge in [-0.25, -0.2) is 0 Å². The summed E-state index contributed by atoms with van der Waals surface area (Å²) in [7, 11) is 0. The van der Waals surface area contributed by atoms with Gasteiger partial charge in [0, 0.05) is 12.6 Å². The molecule has 0 aliphatic carbocycles. The maximum Gasteiger partial charge on any atom is 0.311 e. The van der Waals surface area contributed by atoms with E-state index in [1.807, 2.05) is 13.8 Å². The molecule has 1 heterocycles. The van der Waals surface area contributed by atoms with E-state index in [0.29, 0.717) is 18.2 Å². The molecule has 1 aromatic heterocycles. The van der Waals surface area contributed by atoms with E-state index in [1.54, 1.807) is 31.2 Å². The van der Waals surface area contributed by atoms with Gasteiger partial charge in [0.05, 0.1) is 4.92 Å². The molecule has 1 aromatic carbocycles. The highest BCUT2D eigenvalue weighted by molar-refractivity contribution is 5.91. The lowest BCUT2D eigenvalue weighted by Gasteiger charge is -2.06. The predicted octanol–water partition coefficient (Wildman–Crippen LogP) is 3.46. The molecular weight excluding hydrogens is 312 g/mol. The number of hydrogen-bond acceptors (Lipinski definition) is 5. The summed E-state index contributed by atoms with van der Waals surface area (Å²) in [6, 6.07) is 7.90. The molecule has 2 rings (SSSR count). The van der Waals surface area contributed by atoms with Crippen LogP contribution < -0.4 is 10.1 Å². The number of nitrogens with zero attached hydrogens (tertiary/aromatic N) is 1. The number of nitrogens with one attached hydrogen (secondary N) is 1. The van der Waals surface area contributed by atoms with E-state index in [9.17, 15) is 14.9 Å². The molecule has 2 aromatic rings. The van der Waals surface area contributed by atoms with Gasteiger partial charge in [0.2, 0.25) is 0 Å². The van der Waals surface area contributed by atoms with Crippen molar-refractivity contribution in [3.63, 3.8) is 0 Å². The van der Waals surface area contributed by atoms with E-state index in [4.69, 9.17) is 9.15 Å². The molecule has 0 atom stereocenters. The molecule has 0 unspecified atom stereocenters. The van der Waals surface area contributed by atoms with Gasteiger partial charge in [-0.15, -0.1) is 0 Å². The second-order valence-electron chi connectivity index (χ2n) is 5.89. The maximum atomic E-state index is 11.9. The summed E-state index contributed by atoms with van der Waals surface area (Å²) in [4.78, 5) is 22.4. The lowest BCUT2D eigenvalue weighted by molar-refractivity contribution is -0.386. The van der Waals surface area contributed by atoms with Crippen molar-refractivity contribution >= 4 is 11.6 Å². The Bertz CT molecular complexity index is 736. The van der Waals surface area contributed by atoms with Gasteiger partial charge < -0.3 is 14.5 Å². The SMILES string of the molecule is Cc1ccc(OCc2ccc(C(=O)NCC(C)C)o2)c([N+](=O)[O-])c1. The van der Waals surface area contributed by atoms with E-state index in [1.165, 1.54) is 6.07 Å². The van der Waals surface area contributed by atoms with Crippen molar-refractivity contribution in [3.05, 3.63) is 57.5 Å². The van der Waals surface area contributed by atoms with Gasteiger partial charge in [0.15, 0.2) is 11.5 Å². The normalized spacial score (nSPS) is 10.7. The van der Waals surface area contributed by atoms with Gasteiger partial charge >= 0.3 is 5.69 Å². The molecule has 0 aliphatic rings. The monoisotopic (exact) mass is 332 g/mol. The van der Waals surface area contributed by atoms with Crippen LogP contribution in [0.2, 0.25) is 0 Å². The summed E-state index contributed by atoms with van der Waals surface area (Å²) in [5.41, 5.74) is 0.674. The van der Waals surface area contributed by atoms with Crippen LogP contribution in [0, 0.1) is 23.0 Å². The minimum Gasteiger partial charge on any atom is -0.479 e. The lowest BCUT2D eigenvalue weighted by Crippen LogP contribution is -2.26. The van der Waals surface area contributed by atoms with Crippen molar-refractivity contribution in [2.45, 2.75) is 27.4 Å². The number of ether oxygens (including phenoxy) is 1. The van der Waals surface area contributed by atoms with Crippen LogP contribution in [-0.2, 0) is 6.61 Å². The fraction of sp³-hybridized carbons (Fsp3) is 0.353. The Hall–Kier alpha value is -2.83. The highest BCUT2D eigenvalue weighted by Gasteiger charge is 2.16. The third-order valence-electron chi connectivity index (χ3n) is 3.24. The minimum absolute atomic E-state index is 0.00135. The quantitative estimate of drug-likeness (QED) is 0.619. The Morgan fingerprint density at radius 3 is 2.75 bits per heavy atom. The Kier molecular flexibility index (Phi) is 5.57. The number of carbonyl (C=O) groups is 1. The van der Waals surface area contributed by atoms with Crippen molar-refractivity contribution < 1.29 is 18.9 Å². The number of benzene rings is 1. The summed E-state index contributed by atoms with van der Waals surface area (Å²) in [6.45, 7) is 6.32. The van der Waals surface area contributed by atoms with Crippen LogP contribution in [0.4, 0.5) is 5.69 Å². The fourth-order valence-corrected chi connectivity index (χ4v) is 2.00. The average Bonchev–Trinajstić information content (AvgIpc) is 3.00. The summed E-state index contributed by atoms with van der Waals surface area (Å²) in [5, 5.41) is 13.8. The zero-order chi connectivity index (χ0) is 17.7. The number of rotatable bonds is 7. The second-order valence-corrected chi connectivity index (χ2v) is 5.89. The predicted molar refractivity (Wildman–Crippen MR) is 88.0 cm³/mol. The maximum absolute atomic E-state index is 11.9.